The van der Waals surface area contributed by atoms with Crippen molar-refractivity contribution >= 4 is 24.0 Å². The van der Waals surface area contributed by atoms with Crippen molar-refractivity contribution in [3.63, 3.8) is 0 Å². The van der Waals surface area contributed by atoms with Crippen molar-refractivity contribution in [3.8, 4) is 5.75 Å². The predicted octanol–water partition coefficient (Wildman–Crippen LogP) is 3.66. The molecule has 0 aliphatic rings. The SMILES string of the molecule is CCCCOc1ccc(NC(=O)C(N)CCC)c(C)c1.Cl. The smallest absolute Gasteiger partial charge is 0.241 e. The maximum Gasteiger partial charge on any atom is 0.241 e. The summed E-state index contributed by atoms with van der Waals surface area (Å²) in [6.07, 6.45) is 3.76. The first-order valence-corrected chi connectivity index (χ1v) is 7.38. The monoisotopic (exact) mass is 314 g/mol. The Balaban J connectivity index is 0.00000400. The van der Waals surface area contributed by atoms with E-state index in [2.05, 4.69) is 12.2 Å². The molecule has 1 rings (SSSR count). The second-order valence-corrected chi connectivity index (χ2v) is 5.06. The minimum Gasteiger partial charge on any atom is -0.494 e. The summed E-state index contributed by atoms with van der Waals surface area (Å²) in [6.45, 7) is 6.82. The number of aryl methyl sites for hydroxylation is 1. The first-order chi connectivity index (χ1) is 9.58. The van der Waals surface area contributed by atoms with Crippen LogP contribution in [0.3, 0.4) is 0 Å². The number of nitrogens with one attached hydrogen (secondary N) is 1. The Hall–Kier alpha value is -1.26. The van der Waals surface area contributed by atoms with Gasteiger partial charge in [-0.25, -0.2) is 0 Å². The summed E-state index contributed by atoms with van der Waals surface area (Å²) in [5, 5.41) is 2.87. The van der Waals surface area contributed by atoms with Crippen LogP contribution < -0.4 is 15.8 Å². The van der Waals surface area contributed by atoms with Crippen LogP contribution in [0.4, 0.5) is 5.69 Å². The number of carbonyl (C=O) groups excluding carboxylic acids is 1. The molecule has 1 amide bonds. The highest BCUT2D eigenvalue weighted by atomic mass is 35.5. The third kappa shape index (κ3) is 6.82. The van der Waals surface area contributed by atoms with E-state index in [9.17, 15) is 4.79 Å². The fourth-order valence-corrected chi connectivity index (χ4v) is 1.87. The van der Waals surface area contributed by atoms with Gasteiger partial charge in [0.15, 0.2) is 0 Å². The van der Waals surface area contributed by atoms with Crippen molar-refractivity contribution in [1.29, 1.82) is 0 Å². The standard InChI is InChI=1S/C16H26N2O2.ClH/c1-4-6-10-20-13-8-9-15(12(3)11-13)18-16(19)14(17)7-5-2;/h8-9,11,14H,4-7,10,17H2,1-3H3,(H,18,19);1H. The van der Waals surface area contributed by atoms with Gasteiger partial charge < -0.3 is 15.8 Å². The number of halogens is 1. The molecule has 0 saturated carbocycles. The molecule has 0 bridgehead atoms. The first-order valence-electron chi connectivity index (χ1n) is 7.38. The number of rotatable bonds is 8. The second-order valence-electron chi connectivity index (χ2n) is 5.06. The molecular formula is C16H27ClN2O2. The Morgan fingerprint density at radius 3 is 2.62 bits per heavy atom. The second kappa shape index (κ2) is 10.5. The lowest BCUT2D eigenvalue weighted by Crippen LogP contribution is -2.35. The van der Waals surface area contributed by atoms with Gasteiger partial charge in [-0.2, -0.15) is 0 Å². The summed E-state index contributed by atoms with van der Waals surface area (Å²) >= 11 is 0. The van der Waals surface area contributed by atoms with Gasteiger partial charge in [-0.3, -0.25) is 4.79 Å². The Labute approximate surface area is 133 Å². The minimum absolute atomic E-state index is 0. The Bertz CT molecular complexity index is 438. The molecular weight excluding hydrogens is 288 g/mol. The maximum atomic E-state index is 11.9. The van der Waals surface area contributed by atoms with Gasteiger partial charge in [0.2, 0.25) is 5.91 Å². The molecule has 1 aromatic carbocycles. The molecule has 1 atom stereocenters. The average molecular weight is 315 g/mol. The van der Waals surface area contributed by atoms with Crippen LogP contribution in [-0.4, -0.2) is 18.6 Å². The lowest BCUT2D eigenvalue weighted by atomic mass is 10.1. The first kappa shape index (κ1) is 19.7. The zero-order chi connectivity index (χ0) is 15.0. The molecule has 4 nitrogen and oxygen atoms in total. The lowest BCUT2D eigenvalue weighted by Gasteiger charge is -2.14. The fourth-order valence-electron chi connectivity index (χ4n) is 1.87. The van der Waals surface area contributed by atoms with Gasteiger partial charge in [0, 0.05) is 5.69 Å². The molecule has 120 valence electrons. The third-order valence-corrected chi connectivity index (χ3v) is 3.16. The van der Waals surface area contributed by atoms with Crippen molar-refractivity contribution in [2.75, 3.05) is 11.9 Å². The number of unbranched alkanes of at least 4 members (excludes halogenated alkanes) is 1. The summed E-state index contributed by atoms with van der Waals surface area (Å²) < 4.78 is 5.64. The zero-order valence-electron chi connectivity index (χ0n) is 13.1. The number of anilines is 1. The van der Waals surface area contributed by atoms with Gasteiger partial charge >= 0.3 is 0 Å². The van der Waals surface area contributed by atoms with E-state index in [4.69, 9.17) is 10.5 Å². The number of ether oxygens (including phenoxy) is 1. The predicted molar refractivity (Wildman–Crippen MR) is 90.3 cm³/mol. The van der Waals surface area contributed by atoms with Crippen LogP contribution in [-0.2, 0) is 4.79 Å². The van der Waals surface area contributed by atoms with Crippen LogP contribution in [0.2, 0.25) is 0 Å². The summed E-state index contributed by atoms with van der Waals surface area (Å²) in [7, 11) is 0. The fraction of sp³-hybridized carbons (Fsp3) is 0.562. The number of hydrogen-bond acceptors (Lipinski definition) is 3. The molecule has 0 spiro atoms. The van der Waals surface area contributed by atoms with E-state index in [1.165, 1.54) is 0 Å². The number of nitrogens with two attached hydrogens (primary N) is 1. The van der Waals surface area contributed by atoms with E-state index in [1.807, 2.05) is 32.0 Å². The van der Waals surface area contributed by atoms with Gasteiger partial charge in [0.1, 0.15) is 5.75 Å². The lowest BCUT2D eigenvalue weighted by molar-refractivity contribution is -0.117. The van der Waals surface area contributed by atoms with Gasteiger partial charge in [-0.05, 0) is 43.5 Å². The molecule has 21 heavy (non-hydrogen) atoms. The highest BCUT2D eigenvalue weighted by Crippen LogP contribution is 2.21. The number of benzene rings is 1. The van der Waals surface area contributed by atoms with Gasteiger partial charge in [-0.15, -0.1) is 12.4 Å². The van der Waals surface area contributed by atoms with E-state index >= 15 is 0 Å². The van der Waals surface area contributed by atoms with Crippen LogP contribution >= 0.6 is 12.4 Å². The van der Waals surface area contributed by atoms with E-state index in [-0.39, 0.29) is 18.3 Å². The number of amides is 1. The average Bonchev–Trinajstić information content (AvgIpc) is 2.42. The summed E-state index contributed by atoms with van der Waals surface area (Å²) in [4.78, 5) is 11.9. The van der Waals surface area contributed by atoms with Crippen molar-refractivity contribution < 1.29 is 9.53 Å². The van der Waals surface area contributed by atoms with Crippen LogP contribution in [0.25, 0.3) is 0 Å². The van der Waals surface area contributed by atoms with Crippen molar-refractivity contribution in [2.45, 2.75) is 52.5 Å². The molecule has 0 saturated heterocycles. The van der Waals surface area contributed by atoms with E-state index in [0.29, 0.717) is 6.42 Å². The van der Waals surface area contributed by atoms with Crippen LogP contribution in [0.15, 0.2) is 18.2 Å². The van der Waals surface area contributed by atoms with Gasteiger partial charge in [0.05, 0.1) is 12.6 Å². The molecule has 0 aliphatic carbocycles. The number of hydrogen-bond donors (Lipinski definition) is 2. The molecule has 0 radical (unpaired) electrons. The van der Waals surface area contributed by atoms with Crippen molar-refractivity contribution in [2.24, 2.45) is 5.73 Å². The van der Waals surface area contributed by atoms with E-state index in [1.54, 1.807) is 0 Å². The highest BCUT2D eigenvalue weighted by Gasteiger charge is 2.13. The topological polar surface area (TPSA) is 64.3 Å². The van der Waals surface area contributed by atoms with Crippen LogP contribution in [0.1, 0.15) is 45.1 Å². The zero-order valence-corrected chi connectivity index (χ0v) is 14.0. The minimum atomic E-state index is -0.445. The summed E-state index contributed by atoms with van der Waals surface area (Å²) in [5.41, 5.74) is 7.58. The molecule has 0 fully saturated rings. The number of carbonyl (C=O) groups is 1. The molecule has 0 aliphatic heterocycles. The normalized spacial score (nSPS) is 11.4. The molecule has 1 aromatic rings. The molecule has 0 aromatic heterocycles. The van der Waals surface area contributed by atoms with Crippen LogP contribution in [0.5, 0.6) is 5.75 Å². The third-order valence-electron chi connectivity index (χ3n) is 3.16. The highest BCUT2D eigenvalue weighted by molar-refractivity contribution is 5.95. The van der Waals surface area contributed by atoms with E-state index < -0.39 is 6.04 Å². The summed E-state index contributed by atoms with van der Waals surface area (Å²) in [6, 6.07) is 5.24. The largest absolute Gasteiger partial charge is 0.494 e. The molecule has 5 heteroatoms. The Morgan fingerprint density at radius 2 is 2.05 bits per heavy atom. The molecule has 3 N–H and O–H groups in total. The summed E-state index contributed by atoms with van der Waals surface area (Å²) in [5.74, 6) is 0.710. The van der Waals surface area contributed by atoms with E-state index in [0.717, 1.165) is 42.9 Å². The van der Waals surface area contributed by atoms with Crippen molar-refractivity contribution in [3.05, 3.63) is 23.8 Å². The van der Waals surface area contributed by atoms with Crippen LogP contribution in [0, 0.1) is 6.92 Å². The maximum absolute atomic E-state index is 11.9. The molecule has 0 heterocycles. The Morgan fingerprint density at radius 1 is 1.33 bits per heavy atom. The molecule has 1 unspecified atom stereocenters. The van der Waals surface area contributed by atoms with Gasteiger partial charge in [-0.1, -0.05) is 26.7 Å². The Kier molecular flexibility index (Phi) is 9.84. The quantitative estimate of drug-likeness (QED) is 0.720. The van der Waals surface area contributed by atoms with Crippen molar-refractivity contribution in [1.82, 2.24) is 0 Å². The van der Waals surface area contributed by atoms with Gasteiger partial charge in [0.25, 0.3) is 0 Å².